The maximum Gasteiger partial charge on any atom is 0.351 e. The summed E-state index contributed by atoms with van der Waals surface area (Å²) in [6, 6.07) is 7.85. The fraction of sp³-hybridized carbons (Fsp3) is 0.357. The van der Waals surface area contributed by atoms with Gasteiger partial charge in [0, 0.05) is 18.8 Å². The number of anilines is 3. The summed E-state index contributed by atoms with van der Waals surface area (Å²) in [5.74, 6) is 0.817. The summed E-state index contributed by atoms with van der Waals surface area (Å²) in [5.41, 5.74) is 1.62. The van der Waals surface area contributed by atoms with Crippen molar-refractivity contribution in [3.63, 3.8) is 0 Å². The maximum atomic E-state index is 11.7. The van der Waals surface area contributed by atoms with Crippen molar-refractivity contribution in [1.82, 2.24) is 15.0 Å². The monoisotopic (exact) mass is 287 g/mol. The molecule has 2 N–H and O–H groups in total. The molecule has 1 aliphatic heterocycles. The molecule has 7 nitrogen and oxygen atoms in total. The molecule has 21 heavy (non-hydrogen) atoms. The molecule has 1 aromatic heterocycles. The van der Waals surface area contributed by atoms with E-state index in [0.717, 1.165) is 5.69 Å². The Morgan fingerprint density at radius 3 is 2.62 bits per heavy atom. The predicted molar refractivity (Wildman–Crippen MR) is 80.1 cm³/mol. The quantitative estimate of drug-likeness (QED) is 0.878. The molecule has 0 spiro atoms. The summed E-state index contributed by atoms with van der Waals surface area (Å²) in [6.07, 6.45) is 0. The fourth-order valence-corrected chi connectivity index (χ4v) is 2.11. The minimum Gasteiger partial charge on any atom is -0.378 e. The third-order valence-electron chi connectivity index (χ3n) is 3.25. The molecular weight excluding hydrogens is 270 g/mol. The van der Waals surface area contributed by atoms with Crippen LogP contribution >= 0.6 is 0 Å². The Bertz CT molecular complexity index is 662. The number of benzene rings is 1. The molecule has 2 heterocycles. The number of rotatable bonds is 3. The van der Waals surface area contributed by atoms with Crippen LogP contribution in [-0.2, 0) is 4.74 Å². The lowest BCUT2D eigenvalue weighted by atomic mass is 10.2. The van der Waals surface area contributed by atoms with Crippen molar-refractivity contribution in [2.45, 2.75) is 6.92 Å². The number of H-pyrrole nitrogens is 1. The van der Waals surface area contributed by atoms with Crippen LogP contribution in [0.25, 0.3) is 0 Å². The largest absolute Gasteiger partial charge is 0.378 e. The van der Waals surface area contributed by atoms with Gasteiger partial charge in [-0.15, -0.1) is 0 Å². The van der Waals surface area contributed by atoms with E-state index >= 15 is 0 Å². The van der Waals surface area contributed by atoms with E-state index in [0.29, 0.717) is 38.2 Å². The van der Waals surface area contributed by atoms with Gasteiger partial charge in [0.25, 0.3) is 0 Å². The van der Waals surface area contributed by atoms with Gasteiger partial charge in [0.15, 0.2) is 0 Å². The molecule has 1 fully saturated rings. The highest BCUT2D eigenvalue weighted by Gasteiger charge is 2.15. The Labute approximate surface area is 122 Å². The molecule has 0 amide bonds. The van der Waals surface area contributed by atoms with Gasteiger partial charge in [0.2, 0.25) is 11.9 Å². The molecular formula is C14H17N5O2. The van der Waals surface area contributed by atoms with E-state index in [-0.39, 0.29) is 0 Å². The van der Waals surface area contributed by atoms with Crippen LogP contribution in [0.4, 0.5) is 17.6 Å². The summed E-state index contributed by atoms with van der Waals surface area (Å²) >= 11 is 0. The van der Waals surface area contributed by atoms with E-state index in [2.05, 4.69) is 20.3 Å². The van der Waals surface area contributed by atoms with Gasteiger partial charge in [-0.1, -0.05) is 17.7 Å². The van der Waals surface area contributed by atoms with Gasteiger partial charge in [0.05, 0.1) is 13.2 Å². The number of ether oxygens (including phenoxy) is 1. The smallest absolute Gasteiger partial charge is 0.351 e. The second-order valence-electron chi connectivity index (χ2n) is 4.89. The van der Waals surface area contributed by atoms with Crippen LogP contribution in [0, 0.1) is 6.92 Å². The van der Waals surface area contributed by atoms with Crippen LogP contribution in [-0.4, -0.2) is 41.3 Å². The van der Waals surface area contributed by atoms with Crippen LogP contribution < -0.4 is 15.9 Å². The fourth-order valence-electron chi connectivity index (χ4n) is 2.11. The molecule has 0 atom stereocenters. The Kier molecular flexibility index (Phi) is 3.83. The Hall–Kier alpha value is -2.41. The number of aromatic nitrogens is 3. The van der Waals surface area contributed by atoms with Crippen molar-refractivity contribution in [2.24, 2.45) is 0 Å². The topological polar surface area (TPSA) is 83.1 Å². The zero-order valence-electron chi connectivity index (χ0n) is 11.8. The Balaban J connectivity index is 1.83. The van der Waals surface area contributed by atoms with Crippen LogP contribution in [0.1, 0.15) is 5.56 Å². The van der Waals surface area contributed by atoms with Crippen molar-refractivity contribution in [1.29, 1.82) is 0 Å². The molecule has 7 heteroatoms. The SMILES string of the molecule is Cc1ccc(Nc2nc(N3CCOCC3)nc(=O)[nH]2)cc1. The van der Waals surface area contributed by atoms with E-state index in [1.54, 1.807) is 0 Å². The van der Waals surface area contributed by atoms with E-state index in [1.165, 1.54) is 5.56 Å². The zero-order chi connectivity index (χ0) is 14.7. The van der Waals surface area contributed by atoms with Gasteiger partial charge in [-0.05, 0) is 19.1 Å². The molecule has 1 saturated heterocycles. The highest BCUT2D eigenvalue weighted by Crippen LogP contribution is 2.15. The minimum atomic E-state index is -0.416. The van der Waals surface area contributed by atoms with Gasteiger partial charge in [-0.2, -0.15) is 9.97 Å². The molecule has 0 saturated carbocycles. The normalized spacial score (nSPS) is 15.0. The Morgan fingerprint density at radius 1 is 1.19 bits per heavy atom. The van der Waals surface area contributed by atoms with Crippen LogP contribution in [0.2, 0.25) is 0 Å². The molecule has 0 bridgehead atoms. The van der Waals surface area contributed by atoms with Crippen molar-refractivity contribution in [2.75, 3.05) is 36.5 Å². The van der Waals surface area contributed by atoms with Crippen molar-refractivity contribution >= 4 is 17.6 Å². The molecule has 0 unspecified atom stereocenters. The third-order valence-corrected chi connectivity index (χ3v) is 3.25. The van der Waals surface area contributed by atoms with Gasteiger partial charge < -0.3 is 15.0 Å². The summed E-state index contributed by atoms with van der Waals surface area (Å²) in [6.45, 7) is 4.64. The molecule has 2 aromatic rings. The first kappa shape index (κ1) is 13.6. The number of nitrogens with zero attached hydrogens (tertiary/aromatic N) is 3. The molecule has 1 aliphatic rings. The molecule has 3 rings (SSSR count). The number of aromatic amines is 1. The number of aryl methyl sites for hydroxylation is 1. The zero-order valence-corrected chi connectivity index (χ0v) is 11.8. The van der Waals surface area contributed by atoms with Gasteiger partial charge in [-0.25, -0.2) is 4.79 Å². The van der Waals surface area contributed by atoms with E-state index in [1.807, 2.05) is 36.1 Å². The van der Waals surface area contributed by atoms with E-state index in [4.69, 9.17) is 4.74 Å². The van der Waals surface area contributed by atoms with Crippen LogP contribution in [0.5, 0.6) is 0 Å². The lowest BCUT2D eigenvalue weighted by Gasteiger charge is -2.26. The average molecular weight is 287 g/mol. The van der Waals surface area contributed by atoms with E-state index in [9.17, 15) is 4.79 Å². The predicted octanol–water partition coefficient (Wildman–Crippen LogP) is 1.05. The van der Waals surface area contributed by atoms with Crippen molar-refractivity contribution in [3.8, 4) is 0 Å². The van der Waals surface area contributed by atoms with Gasteiger partial charge in [0.1, 0.15) is 0 Å². The number of hydrogen-bond acceptors (Lipinski definition) is 6. The van der Waals surface area contributed by atoms with Crippen LogP contribution in [0.3, 0.4) is 0 Å². The van der Waals surface area contributed by atoms with Crippen molar-refractivity contribution < 1.29 is 4.74 Å². The molecule has 1 aromatic carbocycles. The van der Waals surface area contributed by atoms with E-state index < -0.39 is 5.69 Å². The summed E-state index contributed by atoms with van der Waals surface area (Å²) in [7, 11) is 0. The first-order valence-corrected chi connectivity index (χ1v) is 6.85. The molecule has 0 radical (unpaired) electrons. The Morgan fingerprint density at radius 2 is 1.90 bits per heavy atom. The van der Waals surface area contributed by atoms with Gasteiger partial charge in [-0.3, -0.25) is 4.98 Å². The lowest BCUT2D eigenvalue weighted by Crippen LogP contribution is -2.38. The first-order valence-electron chi connectivity index (χ1n) is 6.85. The highest BCUT2D eigenvalue weighted by atomic mass is 16.5. The summed E-state index contributed by atoms with van der Waals surface area (Å²) < 4.78 is 5.29. The maximum absolute atomic E-state index is 11.7. The lowest BCUT2D eigenvalue weighted by molar-refractivity contribution is 0.122. The van der Waals surface area contributed by atoms with Gasteiger partial charge >= 0.3 is 5.69 Å². The average Bonchev–Trinajstić information content (AvgIpc) is 2.50. The highest BCUT2D eigenvalue weighted by molar-refractivity contribution is 5.54. The second-order valence-corrected chi connectivity index (χ2v) is 4.89. The summed E-state index contributed by atoms with van der Waals surface area (Å²) in [5, 5.41) is 3.09. The standard InChI is InChI=1S/C14H17N5O2/c1-10-2-4-11(5-3-10)15-12-16-13(18-14(20)17-12)19-6-8-21-9-7-19/h2-5H,6-9H2,1H3,(H2,15,16,17,18,20). The molecule has 110 valence electrons. The van der Waals surface area contributed by atoms with Crippen molar-refractivity contribution in [3.05, 3.63) is 40.3 Å². The number of morpholine rings is 1. The summed E-state index contributed by atoms with van der Waals surface area (Å²) in [4.78, 5) is 24.5. The molecule has 0 aliphatic carbocycles. The van der Waals surface area contributed by atoms with Crippen LogP contribution in [0.15, 0.2) is 29.1 Å². The number of hydrogen-bond donors (Lipinski definition) is 2. The first-order chi connectivity index (χ1) is 10.2. The minimum absolute atomic E-state index is 0.389. The third kappa shape index (κ3) is 3.38. The second kappa shape index (κ2) is 5.92. The number of nitrogens with one attached hydrogen (secondary N) is 2.